The van der Waals surface area contributed by atoms with Gasteiger partial charge in [-0.15, -0.1) is 12.3 Å². The van der Waals surface area contributed by atoms with Gasteiger partial charge >= 0.3 is 0 Å². The number of nitrogens with one attached hydrogen (secondary N) is 1. The first kappa shape index (κ1) is 12.0. The van der Waals surface area contributed by atoms with E-state index in [1.807, 2.05) is 20.8 Å². The predicted molar refractivity (Wildman–Crippen MR) is 53.9 cm³/mol. The third-order valence-electron chi connectivity index (χ3n) is 1.47. The number of hydrogen-bond acceptors (Lipinski definition) is 2. The Hall–Kier alpha value is -1.01. The van der Waals surface area contributed by atoms with Crippen molar-refractivity contribution in [1.29, 1.82) is 0 Å². The monoisotopic (exact) mass is 182 g/mol. The lowest BCUT2D eigenvalue weighted by Crippen LogP contribution is -2.43. The molecule has 1 unspecified atom stereocenters. The highest BCUT2D eigenvalue weighted by Crippen LogP contribution is 2.10. The molecule has 0 aromatic rings. The lowest BCUT2D eigenvalue weighted by atomic mass is 9.97. The average molecular weight is 182 g/mol. The van der Waals surface area contributed by atoms with Gasteiger partial charge in [-0.05, 0) is 5.41 Å². The first-order valence-electron chi connectivity index (χ1n) is 4.33. The van der Waals surface area contributed by atoms with E-state index in [4.69, 9.17) is 12.2 Å². The summed E-state index contributed by atoms with van der Waals surface area (Å²) in [5.41, 5.74) is 5.58. The fraction of sp³-hybridized carbons (Fsp3) is 0.700. The van der Waals surface area contributed by atoms with Gasteiger partial charge in [0.15, 0.2) is 0 Å². The summed E-state index contributed by atoms with van der Waals surface area (Å²) >= 11 is 0. The molecule has 1 atom stereocenters. The molecule has 3 nitrogen and oxygen atoms in total. The van der Waals surface area contributed by atoms with Gasteiger partial charge in [-0.2, -0.15) is 0 Å². The first-order valence-corrected chi connectivity index (χ1v) is 4.33. The van der Waals surface area contributed by atoms with Crippen molar-refractivity contribution in [1.82, 2.24) is 5.32 Å². The van der Waals surface area contributed by atoms with E-state index in [-0.39, 0.29) is 17.7 Å². The zero-order valence-electron chi connectivity index (χ0n) is 8.55. The van der Waals surface area contributed by atoms with Crippen LogP contribution >= 0.6 is 0 Å². The molecule has 0 heterocycles. The molecular weight excluding hydrogens is 164 g/mol. The maximum absolute atomic E-state index is 11.2. The predicted octanol–water partition coefficient (Wildman–Crippen LogP) is 0.499. The van der Waals surface area contributed by atoms with E-state index in [1.165, 1.54) is 0 Å². The molecule has 0 spiro atoms. The molecule has 0 aromatic carbocycles. The normalized spacial score (nSPS) is 13.2. The van der Waals surface area contributed by atoms with Crippen LogP contribution in [0.2, 0.25) is 0 Å². The van der Waals surface area contributed by atoms with Gasteiger partial charge in [-0.1, -0.05) is 20.8 Å². The average Bonchev–Trinajstić information content (AvgIpc) is 1.99. The van der Waals surface area contributed by atoms with Crippen molar-refractivity contribution in [3.05, 3.63) is 0 Å². The fourth-order valence-corrected chi connectivity index (χ4v) is 0.703. The lowest BCUT2D eigenvalue weighted by Gasteiger charge is -2.19. The standard InChI is InChI=1S/C10H18N2O/c1-5-6-8(11)9(13)12-7-10(2,3)4/h1,8H,6-7,11H2,2-4H3,(H,12,13). The van der Waals surface area contributed by atoms with Gasteiger partial charge in [0.2, 0.25) is 5.91 Å². The number of rotatable bonds is 3. The summed E-state index contributed by atoms with van der Waals surface area (Å²) in [6, 6.07) is -0.577. The van der Waals surface area contributed by atoms with Crippen LogP contribution in [0.15, 0.2) is 0 Å². The topological polar surface area (TPSA) is 55.1 Å². The summed E-state index contributed by atoms with van der Waals surface area (Å²) in [7, 11) is 0. The molecule has 3 heteroatoms. The summed E-state index contributed by atoms with van der Waals surface area (Å²) < 4.78 is 0. The highest BCUT2D eigenvalue weighted by molar-refractivity contribution is 5.81. The molecule has 0 saturated heterocycles. The summed E-state index contributed by atoms with van der Waals surface area (Å²) in [6.07, 6.45) is 5.33. The number of nitrogens with two attached hydrogens (primary N) is 1. The minimum atomic E-state index is -0.577. The fourth-order valence-electron chi connectivity index (χ4n) is 0.703. The highest BCUT2D eigenvalue weighted by atomic mass is 16.2. The van der Waals surface area contributed by atoms with Crippen molar-refractivity contribution >= 4 is 5.91 Å². The van der Waals surface area contributed by atoms with Gasteiger partial charge in [0.25, 0.3) is 0 Å². The summed E-state index contributed by atoms with van der Waals surface area (Å²) in [6.45, 7) is 6.74. The van der Waals surface area contributed by atoms with Crippen LogP contribution in [-0.2, 0) is 4.79 Å². The van der Waals surface area contributed by atoms with Gasteiger partial charge in [0.1, 0.15) is 0 Å². The second-order valence-corrected chi connectivity index (χ2v) is 4.29. The number of carbonyl (C=O) groups excluding carboxylic acids is 1. The van der Waals surface area contributed by atoms with Crippen molar-refractivity contribution in [2.45, 2.75) is 33.2 Å². The van der Waals surface area contributed by atoms with E-state index >= 15 is 0 Å². The van der Waals surface area contributed by atoms with Gasteiger partial charge in [-0.3, -0.25) is 4.79 Å². The second kappa shape index (κ2) is 4.88. The molecular formula is C10H18N2O. The summed E-state index contributed by atoms with van der Waals surface area (Å²) in [5.74, 6) is 2.19. The van der Waals surface area contributed by atoms with Gasteiger partial charge < -0.3 is 11.1 Å². The number of carbonyl (C=O) groups is 1. The first-order chi connectivity index (χ1) is 5.87. The number of amides is 1. The molecule has 0 fully saturated rings. The third-order valence-corrected chi connectivity index (χ3v) is 1.47. The molecule has 13 heavy (non-hydrogen) atoms. The molecule has 1 amide bonds. The van der Waals surface area contributed by atoms with E-state index < -0.39 is 6.04 Å². The molecule has 0 aliphatic heterocycles. The van der Waals surface area contributed by atoms with Crippen molar-refractivity contribution in [2.75, 3.05) is 6.54 Å². The van der Waals surface area contributed by atoms with Crippen LogP contribution < -0.4 is 11.1 Å². The Morgan fingerprint density at radius 2 is 2.15 bits per heavy atom. The third kappa shape index (κ3) is 6.18. The summed E-state index contributed by atoms with van der Waals surface area (Å²) in [4.78, 5) is 11.2. The van der Waals surface area contributed by atoms with Crippen LogP contribution in [0, 0.1) is 17.8 Å². The van der Waals surface area contributed by atoms with E-state index in [9.17, 15) is 4.79 Å². The van der Waals surface area contributed by atoms with Crippen LogP contribution in [0.4, 0.5) is 0 Å². The zero-order valence-corrected chi connectivity index (χ0v) is 8.55. The highest BCUT2D eigenvalue weighted by Gasteiger charge is 2.15. The molecule has 0 bridgehead atoms. The minimum Gasteiger partial charge on any atom is -0.354 e. The Balaban J connectivity index is 3.83. The Kier molecular flexibility index (Phi) is 4.50. The Bertz CT molecular complexity index is 210. The van der Waals surface area contributed by atoms with Crippen molar-refractivity contribution in [3.8, 4) is 12.3 Å². The van der Waals surface area contributed by atoms with E-state index in [2.05, 4.69) is 11.2 Å². The van der Waals surface area contributed by atoms with Crippen LogP contribution in [0.5, 0.6) is 0 Å². The maximum atomic E-state index is 11.2. The Morgan fingerprint density at radius 3 is 2.54 bits per heavy atom. The van der Waals surface area contributed by atoms with E-state index in [0.29, 0.717) is 6.54 Å². The van der Waals surface area contributed by atoms with Crippen LogP contribution in [0.1, 0.15) is 27.2 Å². The largest absolute Gasteiger partial charge is 0.354 e. The maximum Gasteiger partial charge on any atom is 0.237 e. The zero-order chi connectivity index (χ0) is 10.5. The number of hydrogen-bond donors (Lipinski definition) is 2. The molecule has 74 valence electrons. The molecule has 0 radical (unpaired) electrons. The lowest BCUT2D eigenvalue weighted by molar-refractivity contribution is -0.122. The quantitative estimate of drug-likeness (QED) is 0.624. The molecule has 0 rings (SSSR count). The SMILES string of the molecule is C#CCC(N)C(=O)NCC(C)(C)C. The minimum absolute atomic E-state index is 0.0749. The van der Waals surface area contributed by atoms with Crippen LogP contribution in [-0.4, -0.2) is 18.5 Å². The molecule has 0 aromatic heterocycles. The van der Waals surface area contributed by atoms with Crippen LogP contribution in [0.25, 0.3) is 0 Å². The van der Waals surface area contributed by atoms with E-state index in [1.54, 1.807) is 0 Å². The Labute approximate surface area is 80.1 Å². The van der Waals surface area contributed by atoms with Crippen molar-refractivity contribution in [3.63, 3.8) is 0 Å². The smallest absolute Gasteiger partial charge is 0.237 e. The number of terminal acetylenes is 1. The van der Waals surface area contributed by atoms with Gasteiger partial charge in [-0.25, -0.2) is 0 Å². The van der Waals surface area contributed by atoms with Crippen LogP contribution in [0.3, 0.4) is 0 Å². The molecule has 0 aliphatic carbocycles. The van der Waals surface area contributed by atoms with E-state index in [0.717, 1.165) is 0 Å². The summed E-state index contributed by atoms with van der Waals surface area (Å²) in [5, 5.41) is 2.75. The molecule has 3 N–H and O–H groups in total. The molecule has 0 aliphatic rings. The van der Waals surface area contributed by atoms with Crippen molar-refractivity contribution < 1.29 is 4.79 Å². The van der Waals surface area contributed by atoms with Gasteiger partial charge in [0.05, 0.1) is 6.04 Å². The van der Waals surface area contributed by atoms with Gasteiger partial charge in [0, 0.05) is 13.0 Å². The second-order valence-electron chi connectivity index (χ2n) is 4.29. The van der Waals surface area contributed by atoms with Crippen molar-refractivity contribution in [2.24, 2.45) is 11.1 Å². The Morgan fingerprint density at radius 1 is 1.62 bits per heavy atom. The molecule has 0 saturated carbocycles.